The summed E-state index contributed by atoms with van der Waals surface area (Å²) < 4.78 is 5.29. The fraction of sp³-hybridized carbons (Fsp3) is 0.938. The molecule has 4 N–H and O–H groups in total. The molecule has 0 radical (unpaired) electrons. The number of ether oxygens (including phenoxy) is 1. The summed E-state index contributed by atoms with van der Waals surface area (Å²) in [5.74, 6) is 0.509. The average Bonchev–Trinajstić information content (AvgIpc) is 2.94. The highest BCUT2D eigenvalue weighted by Gasteiger charge is 2.31. The Morgan fingerprint density at radius 2 is 2.00 bits per heavy atom. The van der Waals surface area contributed by atoms with Crippen LogP contribution in [0.3, 0.4) is 0 Å². The molecular weight excluding hydrogens is 266 g/mol. The molecule has 0 bridgehead atoms. The highest BCUT2D eigenvalue weighted by Crippen LogP contribution is 2.28. The van der Waals surface area contributed by atoms with Crippen LogP contribution in [0.2, 0.25) is 0 Å². The fourth-order valence-corrected chi connectivity index (χ4v) is 3.50. The molecule has 1 amide bonds. The number of carbonyl (C=O) groups excluding carboxylic acids is 1. The van der Waals surface area contributed by atoms with Gasteiger partial charge in [0.1, 0.15) is 5.60 Å². The van der Waals surface area contributed by atoms with Crippen molar-refractivity contribution in [3.8, 4) is 0 Å². The first-order valence-corrected chi connectivity index (χ1v) is 8.32. The molecule has 0 saturated heterocycles. The number of carbonyl (C=O) groups is 1. The summed E-state index contributed by atoms with van der Waals surface area (Å²) >= 11 is 0. The number of alkyl carbamates (subject to hydrolysis) is 1. The van der Waals surface area contributed by atoms with Gasteiger partial charge in [-0.3, -0.25) is 0 Å². The monoisotopic (exact) mass is 297 g/mol. The molecule has 2 saturated carbocycles. The maximum absolute atomic E-state index is 11.7. The van der Waals surface area contributed by atoms with E-state index in [9.17, 15) is 4.79 Å². The maximum Gasteiger partial charge on any atom is 0.407 e. The van der Waals surface area contributed by atoms with Crippen LogP contribution in [0.25, 0.3) is 0 Å². The molecule has 0 aromatic rings. The summed E-state index contributed by atoms with van der Waals surface area (Å²) in [6, 6.07) is 1.43. The maximum atomic E-state index is 11.7. The van der Waals surface area contributed by atoms with Crippen LogP contribution < -0.4 is 16.4 Å². The Morgan fingerprint density at radius 1 is 1.24 bits per heavy atom. The largest absolute Gasteiger partial charge is 0.444 e. The van der Waals surface area contributed by atoms with Crippen molar-refractivity contribution in [1.29, 1.82) is 0 Å². The van der Waals surface area contributed by atoms with Gasteiger partial charge in [0.15, 0.2) is 0 Å². The number of nitrogens with one attached hydrogen (secondary N) is 2. The van der Waals surface area contributed by atoms with Gasteiger partial charge in [0.2, 0.25) is 0 Å². The molecule has 0 heterocycles. The Kier molecular flexibility index (Phi) is 5.49. The van der Waals surface area contributed by atoms with Crippen LogP contribution in [0, 0.1) is 5.92 Å². The van der Waals surface area contributed by atoms with Gasteiger partial charge >= 0.3 is 6.09 Å². The van der Waals surface area contributed by atoms with E-state index in [0.29, 0.717) is 30.6 Å². The minimum absolute atomic E-state index is 0.309. The van der Waals surface area contributed by atoms with E-state index in [-0.39, 0.29) is 6.09 Å². The smallest absolute Gasteiger partial charge is 0.407 e. The van der Waals surface area contributed by atoms with Crippen LogP contribution in [0.4, 0.5) is 4.79 Å². The number of rotatable bonds is 4. The Morgan fingerprint density at radius 3 is 2.62 bits per heavy atom. The molecule has 2 aliphatic rings. The lowest BCUT2D eigenvalue weighted by atomic mass is 10.0. The van der Waals surface area contributed by atoms with Crippen molar-refractivity contribution in [3.63, 3.8) is 0 Å². The zero-order chi connectivity index (χ0) is 15.5. The SMILES string of the molecule is CC(C)(C)OC(=O)NCC1CCCC1NC1CCC(N)C1. The molecule has 122 valence electrons. The van der Waals surface area contributed by atoms with Crippen LogP contribution in [-0.4, -0.2) is 36.4 Å². The lowest BCUT2D eigenvalue weighted by molar-refractivity contribution is 0.0517. The third kappa shape index (κ3) is 5.47. The summed E-state index contributed by atoms with van der Waals surface area (Å²) in [7, 11) is 0. The predicted octanol–water partition coefficient (Wildman–Crippen LogP) is 2.15. The van der Waals surface area contributed by atoms with E-state index in [1.165, 1.54) is 25.7 Å². The van der Waals surface area contributed by atoms with Gasteiger partial charge in [-0.15, -0.1) is 0 Å². The van der Waals surface area contributed by atoms with E-state index in [4.69, 9.17) is 10.5 Å². The zero-order valence-electron chi connectivity index (χ0n) is 13.7. The molecule has 5 heteroatoms. The average molecular weight is 297 g/mol. The molecule has 5 nitrogen and oxygen atoms in total. The molecule has 0 aromatic carbocycles. The second-order valence-corrected chi connectivity index (χ2v) is 7.62. The number of amides is 1. The topological polar surface area (TPSA) is 76.4 Å². The standard InChI is InChI=1S/C16H31N3O2/c1-16(2,3)21-15(20)18-10-11-5-4-6-14(11)19-13-8-7-12(17)9-13/h11-14,19H,4-10,17H2,1-3H3,(H,18,20). The van der Waals surface area contributed by atoms with E-state index in [0.717, 1.165) is 12.8 Å². The minimum Gasteiger partial charge on any atom is -0.444 e. The third-order valence-electron chi connectivity index (χ3n) is 4.49. The lowest BCUT2D eigenvalue weighted by Crippen LogP contribution is -2.44. The number of hydrogen-bond acceptors (Lipinski definition) is 4. The first-order valence-electron chi connectivity index (χ1n) is 8.32. The Bertz CT molecular complexity index is 354. The normalized spacial score (nSPS) is 33.1. The van der Waals surface area contributed by atoms with Gasteiger partial charge in [-0.2, -0.15) is 0 Å². The Hall–Kier alpha value is -0.810. The van der Waals surface area contributed by atoms with Gasteiger partial charge in [-0.1, -0.05) is 6.42 Å². The molecule has 0 aromatic heterocycles. The van der Waals surface area contributed by atoms with Gasteiger partial charge in [0, 0.05) is 24.7 Å². The highest BCUT2D eigenvalue weighted by atomic mass is 16.6. The molecule has 21 heavy (non-hydrogen) atoms. The van der Waals surface area contributed by atoms with Crippen LogP contribution >= 0.6 is 0 Å². The quantitative estimate of drug-likeness (QED) is 0.743. The third-order valence-corrected chi connectivity index (χ3v) is 4.49. The second-order valence-electron chi connectivity index (χ2n) is 7.62. The zero-order valence-corrected chi connectivity index (χ0v) is 13.7. The van der Waals surface area contributed by atoms with Crippen LogP contribution in [0.5, 0.6) is 0 Å². The van der Waals surface area contributed by atoms with E-state index in [2.05, 4.69) is 10.6 Å². The van der Waals surface area contributed by atoms with Gasteiger partial charge < -0.3 is 21.1 Å². The Labute approximate surface area is 128 Å². The van der Waals surface area contributed by atoms with Crippen molar-refractivity contribution in [1.82, 2.24) is 10.6 Å². The first kappa shape index (κ1) is 16.6. The van der Waals surface area contributed by atoms with Crippen molar-refractivity contribution >= 4 is 6.09 Å². The van der Waals surface area contributed by atoms with Gasteiger partial charge in [-0.25, -0.2) is 4.79 Å². The van der Waals surface area contributed by atoms with Crippen molar-refractivity contribution in [3.05, 3.63) is 0 Å². The van der Waals surface area contributed by atoms with E-state index in [1.807, 2.05) is 20.8 Å². The first-order chi connectivity index (χ1) is 9.83. The molecular formula is C16H31N3O2. The van der Waals surface area contributed by atoms with Crippen molar-refractivity contribution < 1.29 is 9.53 Å². The summed E-state index contributed by atoms with van der Waals surface area (Å²) in [5, 5.41) is 6.68. The van der Waals surface area contributed by atoms with Crippen molar-refractivity contribution in [2.24, 2.45) is 11.7 Å². The molecule has 2 fully saturated rings. The van der Waals surface area contributed by atoms with Crippen LogP contribution in [0.15, 0.2) is 0 Å². The molecule has 4 atom stereocenters. The lowest BCUT2D eigenvalue weighted by Gasteiger charge is -2.26. The second kappa shape index (κ2) is 6.97. The molecule has 0 aliphatic heterocycles. The molecule has 4 unspecified atom stereocenters. The summed E-state index contributed by atoms with van der Waals surface area (Å²) in [4.78, 5) is 11.7. The van der Waals surface area contributed by atoms with Gasteiger partial charge in [0.25, 0.3) is 0 Å². The molecule has 2 rings (SSSR count). The summed E-state index contributed by atoms with van der Waals surface area (Å²) in [6.45, 7) is 6.35. The molecule has 2 aliphatic carbocycles. The summed E-state index contributed by atoms with van der Waals surface area (Å²) in [5.41, 5.74) is 5.54. The minimum atomic E-state index is -0.433. The van der Waals surface area contributed by atoms with E-state index >= 15 is 0 Å². The van der Waals surface area contributed by atoms with Gasteiger partial charge in [0.05, 0.1) is 0 Å². The predicted molar refractivity (Wildman–Crippen MR) is 84.1 cm³/mol. The number of hydrogen-bond donors (Lipinski definition) is 3. The highest BCUT2D eigenvalue weighted by molar-refractivity contribution is 5.67. The Balaban J connectivity index is 1.73. The number of nitrogens with two attached hydrogens (primary N) is 1. The van der Waals surface area contributed by atoms with E-state index in [1.54, 1.807) is 0 Å². The van der Waals surface area contributed by atoms with E-state index < -0.39 is 5.60 Å². The fourth-order valence-electron chi connectivity index (χ4n) is 3.50. The summed E-state index contributed by atoms with van der Waals surface area (Å²) in [6.07, 6.45) is 6.70. The van der Waals surface area contributed by atoms with Crippen molar-refractivity contribution in [2.45, 2.75) is 83.0 Å². The van der Waals surface area contributed by atoms with Gasteiger partial charge in [-0.05, 0) is 58.8 Å². The molecule has 0 spiro atoms. The van der Waals surface area contributed by atoms with Crippen molar-refractivity contribution in [2.75, 3.05) is 6.54 Å². The van der Waals surface area contributed by atoms with Crippen LogP contribution in [-0.2, 0) is 4.74 Å². The van der Waals surface area contributed by atoms with Crippen LogP contribution in [0.1, 0.15) is 59.3 Å².